The summed E-state index contributed by atoms with van der Waals surface area (Å²) < 4.78 is 5.80. The van der Waals surface area contributed by atoms with Gasteiger partial charge in [0.1, 0.15) is 5.75 Å². The normalized spacial score (nSPS) is 13.3. The number of aromatic nitrogens is 1. The number of rotatable bonds is 3. The Labute approximate surface area is 176 Å². The zero-order valence-corrected chi connectivity index (χ0v) is 17.2. The Hall–Kier alpha value is -2.84. The summed E-state index contributed by atoms with van der Waals surface area (Å²) in [6, 6.07) is 22.9. The van der Waals surface area contributed by atoms with Crippen LogP contribution in [0.1, 0.15) is 24.0 Å². The minimum Gasteiger partial charge on any atom is -0.496 e. The fourth-order valence-electron chi connectivity index (χ4n) is 4.38. The monoisotopic (exact) mass is 399 g/mol. The van der Waals surface area contributed by atoms with Crippen LogP contribution in [0.4, 0.5) is 0 Å². The van der Waals surface area contributed by atoms with E-state index in [1.165, 1.54) is 34.7 Å². The molecule has 4 aromatic rings. The van der Waals surface area contributed by atoms with E-state index in [1.807, 2.05) is 24.3 Å². The van der Waals surface area contributed by atoms with Gasteiger partial charge in [0.2, 0.25) is 0 Å². The minimum absolute atomic E-state index is 0.739. The molecule has 3 heteroatoms. The van der Waals surface area contributed by atoms with Crippen molar-refractivity contribution in [2.24, 2.45) is 0 Å². The predicted octanol–water partition coefficient (Wildman–Crippen LogP) is 7.11. The fraction of sp³-hybridized carbons (Fsp3) is 0.192. The third kappa shape index (κ3) is 3.28. The van der Waals surface area contributed by atoms with Crippen LogP contribution in [0.2, 0.25) is 5.02 Å². The highest BCUT2D eigenvalue weighted by Crippen LogP contribution is 2.41. The van der Waals surface area contributed by atoms with Crippen molar-refractivity contribution in [2.45, 2.75) is 25.7 Å². The van der Waals surface area contributed by atoms with Gasteiger partial charge >= 0.3 is 0 Å². The van der Waals surface area contributed by atoms with Crippen molar-refractivity contribution in [3.8, 4) is 28.3 Å². The second-order valence-corrected chi connectivity index (χ2v) is 8.01. The van der Waals surface area contributed by atoms with E-state index in [-0.39, 0.29) is 0 Å². The van der Waals surface area contributed by atoms with Gasteiger partial charge in [-0.05, 0) is 71.8 Å². The molecule has 0 spiro atoms. The van der Waals surface area contributed by atoms with Gasteiger partial charge in [-0.25, -0.2) is 4.98 Å². The van der Waals surface area contributed by atoms with Gasteiger partial charge in [-0.2, -0.15) is 0 Å². The van der Waals surface area contributed by atoms with Crippen molar-refractivity contribution < 1.29 is 4.74 Å². The lowest BCUT2D eigenvalue weighted by atomic mass is 9.86. The zero-order valence-electron chi connectivity index (χ0n) is 16.4. The van der Waals surface area contributed by atoms with Crippen LogP contribution < -0.4 is 4.74 Å². The molecule has 29 heavy (non-hydrogen) atoms. The van der Waals surface area contributed by atoms with Crippen molar-refractivity contribution in [3.63, 3.8) is 0 Å². The molecule has 1 aliphatic carbocycles. The van der Waals surface area contributed by atoms with Crippen LogP contribution in [0.5, 0.6) is 5.75 Å². The molecule has 0 N–H and O–H groups in total. The molecule has 0 saturated heterocycles. The van der Waals surface area contributed by atoms with E-state index in [1.54, 1.807) is 7.11 Å². The number of ether oxygens (including phenoxy) is 1. The first-order chi connectivity index (χ1) is 14.2. The van der Waals surface area contributed by atoms with Gasteiger partial charge in [0.25, 0.3) is 0 Å². The molecular weight excluding hydrogens is 378 g/mol. The highest BCUT2D eigenvalue weighted by molar-refractivity contribution is 6.30. The van der Waals surface area contributed by atoms with E-state index >= 15 is 0 Å². The summed E-state index contributed by atoms with van der Waals surface area (Å²) in [4.78, 5) is 5.19. The van der Waals surface area contributed by atoms with Crippen LogP contribution in [-0.2, 0) is 12.8 Å². The molecule has 1 heterocycles. The molecule has 0 atom stereocenters. The Kier molecular flexibility index (Phi) is 4.73. The average Bonchev–Trinajstić information content (AvgIpc) is 2.78. The molecular formula is C26H22ClNO. The van der Waals surface area contributed by atoms with Gasteiger partial charge < -0.3 is 4.74 Å². The summed E-state index contributed by atoms with van der Waals surface area (Å²) >= 11 is 6.11. The lowest BCUT2D eigenvalue weighted by Crippen LogP contribution is -2.08. The SMILES string of the molecule is COc1ccc2ccccc2c1-c1nc(-c2ccc(Cl)cc2)cc2c1CCCC2. The first kappa shape index (κ1) is 18.2. The maximum absolute atomic E-state index is 6.11. The molecule has 144 valence electrons. The van der Waals surface area contributed by atoms with E-state index in [4.69, 9.17) is 21.3 Å². The number of halogens is 1. The Bertz CT molecular complexity index is 1200. The first-order valence-corrected chi connectivity index (χ1v) is 10.5. The van der Waals surface area contributed by atoms with Crippen LogP contribution in [0.15, 0.2) is 66.7 Å². The molecule has 5 rings (SSSR count). The number of fused-ring (bicyclic) bond motifs is 2. The molecule has 1 aliphatic rings. The quantitative estimate of drug-likeness (QED) is 0.366. The van der Waals surface area contributed by atoms with Crippen molar-refractivity contribution in [1.82, 2.24) is 4.98 Å². The molecule has 0 bridgehead atoms. The summed E-state index contributed by atoms with van der Waals surface area (Å²) in [5.74, 6) is 0.872. The van der Waals surface area contributed by atoms with Crippen LogP contribution in [0, 0.1) is 0 Å². The summed E-state index contributed by atoms with van der Waals surface area (Å²) in [6.45, 7) is 0. The maximum atomic E-state index is 6.11. The Morgan fingerprint density at radius 3 is 2.52 bits per heavy atom. The Balaban J connectivity index is 1.82. The van der Waals surface area contributed by atoms with E-state index in [0.717, 1.165) is 46.1 Å². The largest absolute Gasteiger partial charge is 0.496 e. The van der Waals surface area contributed by atoms with Gasteiger partial charge in [0.15, 0.2) is 0 Å². The lowest BCUT2D eigenvalue weighted by Gasteiger charge is -2.22. The van der Waals surface area contributed by atoms with Crippen LogP contribution >= 0.6 is 11.6 Å². The lowest BCUT2D eigenvalue weighted by molar-refractivity contribution is 0.417. The average molecular weight is 400 g/mol. The summed E-state index contributed by atoms with van der Waals surface area (Å²) in [5, 5.41) is 3.12. The number of aryl methyl sites for hydroxylation is 1. The molecule has 0 saturated carbocycles. The molecule has 2 nitrogen and oxygen atoms in total. The number of hydrogen-bond acceptors (Lipinski definition) is 2. The smallest absolute Gasteiger partial charge is 0.128 e. The van der Waals surface area contributed by atoms with Crippen LogP contribution in [-0.4, -0.2) is 12.1 Å². The fourth-order valence-corrected chi connectivity index (χ4v) is 4.51. The van der Waals surface area contributed by atoms with Crippen molar-refractivity contribution in [2.75, 3.05) is 7.11 Å². The topological polar surface area (TPSA) is 22.1 Å². The van der Waals surface area contributed by atoms with Crippen LogP contribution in [0.25, 0.3) is 33.3 Å². The molecule has 3 aromatic carbocycles. The second kappa shape index (κ2) is 7.53. The van der Waals surface area contributed by atoms with Gasteiger partial charge in [0.05, 0.1) is 24.1 Å². The molecule has 0 radical (unpaired) electrons. The number of nitrogens with zero attached hydrogens (tertiary/aromatic N) is 1. The summed E-state index contributed by atoms with van der Waals surface area (Å²) in [7, 11) is 1.74. The number of methoxy groups -OCH3 is 1. The molecule has 1 aromatic heterocycles. The molecule has 0 amide bonds. The second-order valence-electron chi connectivity index (χ2n) is 7.57. The highest BCUT2D eigenvalue weighted by Gasteiger charge is 2.22. The number of pyridine rings is 1. The number of benzene rings is 3. The van der Waals surface area contributed by atoms with E-state index in [0.29, 0.717) is 0 Å². The zero-order chi connectivity index (χ0) is 19.8. The summed E-state index contributed by atoms with van der Waals surface area (Å²) in [5.41, 5.74) is 7.00. The summed E-state index contributed by atoms with van der Waals surface area (Å²) in [6.07, 6.45) is 4.59. The third-order valence-electron chi connectivity index (χ3n) is 5.83. The van der Waals surface area contributed by atoms with Crippen molar-refractivity contribution in [3.05, 3.63) is 82.9 Å². The van der Waals surface area contributed by atoms with Gasteiger partial charge in [-0.15, -0.1) is 0 Å². The minimum atomic E-state index is 0.739. The van der Waals surface area contributed by atoms with Crippen LogP contribution in [0.3, 0.4) is 0 Å². The molecule has 0 unspecified atom stereocenters. The van der Waals surface area contributed by atoms with Gasteiger partial charge in [0, 0.05) is 10.6 Å². The van der Waals surface area contributed by atoms with E-state index in [9.17, 15) is 0 Å². The van der Waals surface area contributed by atoms with Gasteiger partial charge in [-0.3, -0.25) is 0 Å². The highest BCUT2D eigenvalue weighted by atomic mass is 35.5. The predicted molar refractivity (Wildman–Crippen MR) is 121 cm³/mol. The van der Waals surface area contributed by atoms with E-state index in [2.05, 4.69) is 42.5 Å². The standard InChI is InChI=1S/C26H22ClNO/c1-29-24-15-12-17-6-2-4-8-21(17)25(24)26-22-9-5-3-7-19(22)16-23(28-26)18-10-13-20(27)14-11-18/h2,4,6,8,10-16H,3,5,7,9H2,1H3. The Morgan fingerprint density at radius 1 is 0.897 bits per heavy atom. The molecule has 0 aliphatic heterocycles. The first-order valence-electron chi connectivity index (χ1n) is 10.1. The third-order valence-corrected chi connectivity index (χ3v) is 6.08. The molecule has 0 fully saturated rings. The maximum Gasteiger partial charge on any atom is 0.128 e. The van der Waals surface area contributed by atoms with Gasteiger partial charge in [-0.1, -0.05) is 54.1 Å². The van der Waals surface area contributed by atoms with Crippen molar-refractivity contribution >= 4 is 22.4 Å². The van der Waals surface area contributed by atoms with Crippen molar-refractivity contribution in [1.29, 1.82) is 0 Å². The number of hydrogen-bond donors (Lipinski definition) is 0. The Morgan fingerprint density at radius 2 is 1.69 bits per heavy atom. The van der Waals surface area contributed by atoms with E-state index < -0.39 is 0 Å².